The second-order valence-corrected chi connectivity index (χ2v) is 3.85. The highest BCUT2D eigenvalue weighted by Gasteiger charge is 2.24. The van der Waals surface area contributed by atoms with E-state index in [1.165, 1.54) is 0 Å². The van der Waals surface area contributed by atoms with Crippen LogP contribution in [0.2, 0.25) is 1.41 Å². The number of piperidine rings is 1. The van der Waals surface area contributed by atoms with E-state index in [0.717, 1.165) is 39.0 Å². The summed E-state index contributed by atoms with van der Waals surface area (Å²) in [5, 5.41) is 1.56. The fourth-order valence-corrected chi connectivity index (χ4v) is 1.71. The molecule has 2 aliphatic rings. The molecule has 0 aromatic carbocycles. The first kappa shape index (κ1) is 7.30. The minimum Gasteiger partial charge on any atom is -0.372 e. The van der Waals surface area contributed by atoms with E-state index in [1.807, 2.05) is 0 Å². The summed E-state index contributed by atoms with van der Waals surface area (Å²) in [6, 6.07) is 0. The van der Waals surface area contributed by atoms with Crippen LogP contribution < -0.4 is 5.31 Å². The number of hydrogen-bond acceptors (Lipinski definition) is 3. The van der Waals surface area contributed by atoms with Crippen molar-refractivity contribution in [2.24, 2.45) is 0 Å². The fourth-order valence-electron chi connectivity index (χ4n) is 1.71. The third-order valence-corrected chi connectivity index (χ3v) is 2.72. The second-order valence-electron chi connectivity index (χ2n) is 3.85. The van der Waals surface area contributed by atoms with Gasteiger partial charge in [-0.2, -0.15) is 0 Å². The lowest BCUT2D eigenvalue weighted by molar-refractivity contribution is -0.0596. The molecule has 0 bridgehead atoms. The van der Waals surface area contributed by atoms with Gasteiger partial charge in [0.1, 0.15) is 1.41 Å². The van der Waals surface area contributed by atoms with E-state index in [0.29, 0.717) is 12.2 Å². The number of nitrogens with one attached hydrogen (secondary N) is 1. The van der Waals surface area contributed by atoms with Crippen molar-refractivity contribution in [1.29, 1.82) is 0 Å². The Kier molecular flexibility index (Phi) is 2.27. The number of ether oxygens (including phenoxy) is 1. The summed E-state index contributed by atoms with van der Waals surface area (Å²) in [7, 11) is 2.16. The van der Waals surface area contributed by atoms with Crippen molar-refractivity contribution in [3.8, 4) is 0 Å². The van der Waals surface area contributed by atoms with Crippen LogP contribution in [0.15, 0.2) is 0 Å². The van der Waals surface area contributed by atoms with Gasteiger partial charge in [0.2, 0.25) is 0 Å². The molecule has 0 atom stereocenters. The van der Waals surface area contributed by atoms with Crippen LogP contribution in [-0.4, -0.2) is 50.3 Å². The minimum absolute atomic E-state index is 0.339. The molecule has 2 rings (SSSR count). The maximum Gasteiger partial charge on any atom is 0.122 e. The van der Waals surface area contributed by atoms with Crippen LogP contribution in [0.1, 0.15) is 12.8 Å². The molecule has 0 aromatic heterocycles. The third-order valence-electron chi connectivity index (χ3n) is 2.72. The molecular weight excluding hydrogens is 152 g/mol. The molecule has 0 amide bonds. The van der Waals surface area contributed by atoms with Crippen LogP contribution in [-0.2, 0) is 4.74 Å². The van der Waals surface area contributed by atoms with Crippen LogP contribution >= 0.6 is 0 Å². The summed E-state index contributed by atoms with van der Waals surface area (Å²) in [5.74, 6) is 0. The van der Waals surface area contributed by atoms with Gasteiger partial charge in [-0.1, -0.05) is 0 Å². The second kappa shape index (κ2) is 3.73. The molecule has 0 aromatic rings. The van der Waals surface area contributed by atoms with Gasteiger partial charge < -0.3 is 14.9 Å². The van der Waals surface area contributed by atoms with Gasteiger partial charge in [0.15, 0.2) is 0 Å². The molecule has 3 heteroatoms. The Morgan fingerprint density at radius 1 is 1.33 bits per heavy atom. The topological polar surface area (TPSA) is 24.5 Å². The minimum atomic E-state index is 0.339. The Hall–Kier alpha value is -0.120. The summed E-state index contributed by atoms with van der Waals surface area (Å²) >= 11 is 0. The van der Waals surface area contributed by atoms with Gasteiger partial charge in [0.05, 0.1) is 12.2 Å². The quantitative estimate of drug-likeness (QED) is 0.636. The first-order chi connectivity index (χ1) is 6.24. The fraction of sp³-hybridized carbons (Fsp3) is 1.00. The van der Waals surface area contributed by atoms with E-state index in [-0.39, 0.29) is 0 Å². The van der Waals surface area contributed by atoms with Crippen LogP contribution in [0.4, 0.5) is 0 Å². The van der Waals surface area contributed by atoms with Gasteiger partial charge in [-0.3, -0.25) is 0 Å². The highest BCUT2D eigenvalue weighted by molar-refractivity contribution is 4.79. The lowest BCUT2D eigenvalue weighted by atomic mass is 10.1. The van der Waals surface area contributed by atoms with Crippen LogP contribution in [0.5, 0.6) is 0 Å². The number of likely N-dealkylation sites (tertiary alicyclic amines) is 1. The Morgan fingerprint density at radius 2 is 2.00 bits per heavy atom. The average molecular weight is 171 g/mol. The molecule has 70 valence electrons. The van der Waals surface area contributed by atoms with Crippen molar-refractivity contribution in [3.05, 3.63) is 0 Å². The highest BCUT2D eigenvalue weighted by atomic mass is 16.5. The van der Waals surface area contributed by atoms with Crippen molar-refractivity contribution in [1.82, 2.24) is 10.2 Å². The zero-order valence-corrected chi connectivity index (χ0v) is 7.70. The lowest BCUT2D eigenvalue weighted by Gasteiger charge is -2.35. The first-order valence-electron chi connectivity index (χ1n) is 5.26. The zero-order valence-electron chi connectivity index (χ0n) is 8.70. The Balaban J connectivity index is 1.65. The normalized spacial score (nSPS) is 31.6. The van der Waals surface area contributed by atoms with E-state index in [2.05, 4.69) is 11.9 Å². The summed E-state index contributed by atoms with van der Waals surface area (Å²) < 4.78 is 13.1. The van der Waals surface area contributed by atoms with E-state index >= 15 is 0 Å². The molecule has 0 saturated carbocycles. The SMILES string of the molecule is [2H]N1CC(OC2CCN(C)CC2)C1. The van der Waals surface area contributed by atoms with Gasteiger partial charge >= 0.3 is 0 Å². The predicted molar refractivity (Wildman–Crippen MR) is 48.3 cm³/mol. The van der Waals surface area contributed by atoms with E-state index in [1.54, 1.807) is 5.31 Å². The average Bonchev–Trinajstić information content (AvgIpc) is 2.06. The van der Waals surface area contributed by atoms with Crippen molar-refractivity contribution in [2.45, 2.75) is 25.0 Å². The zero-order chi connectivity index (χ0) is 9.26. The molecule has 12 heavy (non-hydrogen) atoms. The largest absolute Gasteiger partial charge is 0.372 e. The van der Waals surface area contributed by atoms with Crippen molar-refractivity contribution >= 4 is 0 Å². The van der Waals surface area contributed by atoms with Gasteiger partial charge in [0.25, 0.3) is 0 Å². The molecule has 0 aliphatic carbocycles. The summed E-state index contributed by atoms with van der Waals surface area (Å²) in [4.78, 5) is 2.34. The smallest absolute Gasteiger partial charge is 0.122 e. The lowest BCUT2D eigenvalue weighted by Crippen LogP contribution is -2.51. The monoisotopic (exact) mass is 171 g/mol. The van der Waals surface area contributed by atoms with Gasteiger partial charge in [-0.05, 0) is 19.9 Å². The van der Waals surface area contributed by atoms with Gasteiger partial charge in [-0.25, -0.2) is 0 Å². The third kappa shape index (κ3) is 1.97. The first-order valence-corrected chi connectivity index (χ1v) is 4.82. The number of nitrogens with zero attached hydrogens (tertiary/aromatic N) is 1. The van der Waals surface area contributed by atoms with Crippen molar-refractivity contribution < 1.29 is 6.15 Å². The molecular formula is C9H18N2O. The summed E-state index contributed by atoms with van der Waals surface area (Å²) in [6.07, 6.45) is 3.11. The van der Waals surface area contributed by atoms with Crippen LogP contribution in [0.25, 0.3) is 0 Å². The van der Waals surface area contributed by atoms with Gasteiger partial charge in [0, 0.05) is 26.2 Å². The standard InChI is InChI=1S/C9H18N2O/c1-11-4-2-8(3-5-11)12-9-6-10-7-9/h8-10H,2-7H2,1H3/i/hD. The molecule has 2 heterocycles. The molecule has 2 aliphatic heterocycles. The molecule has 2 saturated heterocycles. The molecule has 3 nitrogen and oxygen atoms in total. The highest BCUT2D eigenvalue weighted by Crippen LogP contribution is 2.15. The Labute approximate surface area is 75.5 Å². The maximum absolute atomic E-state index is 7.24. The Morgan fingerprint density at radius 3 is 2.58 bits per heavy atom. The van der Waals surface area contributed by atoms with E-state index in [4.69, 9.17) is 6.15 Å². The molecule has 0 unspecified atom stereocenters. The number of rotatable bonds is 2. The van der Waals surface area contributed by atoms with E-state index < -0.39 is 0 Å². The summed E-state index contributed by atoms with van der Waals surface area (Å²) in [5.41, 5.74) is 0. The number of hydrogen-bond donors (Lipinski definition) is 1. The van der Waals surface area contributed by atoms with Crippen LogP contribution in [0, 0.1) is 0 Å². The molecule has 2 fully saturated rings. The molecule has 1 N–H and O–H groups in total. The maximum atomic E-state index is 7.24. The molecule has 0 radical (unpaired) electrons. The predicted octanol–water partition coefficient (Wildman–Crippen LogP) is 0.0690. The summed E-state index contributed by atoms with van der Waals surface area (Å²) in [6.45, 7) is 3.91. The van der Waals surface area contributed by atoms with E-state index in [9.17, 15) is 0 Å². The Bertz CT molecular complexity index is 165. The van der Waals surface area contributed by atoms with Gasteiger partial charge in [-0.15, -0.1) is 0 Å². The van der Waals surface area contributed by atoms with Crippen LogP contribution in [0.3, 0.4) is 0 Å². The van der Waals surface area contributed by atoms with Crippen molar-refractivity contribution in [3.63, 3.8) is 0 Å². The van der Waals surface area contributed by atoms with Crippen molar-refractivity contribution in [2.75, 3.05) is 33.2 Å². The molecule has 0 spiro atoms.